The number of anilines is 1. The summed E-state index contributed by atoms with van der Waals surface area (Å²) in [5.74, 6) is -1.06. The third-order valence-corrected chi connectivity index (χ3v) is 3.49. The van der Waals surface area contributed by atoms with Crippen molar-refractivity contribution in [1.82, 2.24) is 4.57 Å². The molecule has 0 aliphatic heterocycles. The van der Waals surface area contributed by atoms with Crippen molar-refractivity contribution in [2.24, 2.45) is 0 Å². The van der Waals surface area contributed by atoms with Crippen LogP contribution in [0.1, 0.15) is 34.9 Å². The predicted molar refractivity (Wildman–Crippen MR) is 78.4 cm³/mol. The van der Waals surface area contributed by atoms with Crippen LogP contribution in [-0.4, -0.2) is 21.6 Å². The van der Waals surface area contributed by atoms with Gasteiger partial charge in [0.1, 0.15) is 5.69 Å². The number of nitrogens with one attached hydrogen (secondary N) is 1. The number of hydrogen-bond donors (Lipinski definition) is 2. The molecular formula is C16H16N2O3. The lowest BCUT2D eigenvalue weighted by Crippen LogP contribution is -2.16. The van der Waals surface area contributed by atoms with Crippen LogP contribution in [0.3, 0.4) is 0 Å². The first-order chi connectivity index (χ1) is 10.1. The van der Waals surface area contributed by atoms with Gasteiger partial charge in [0.05, 0.1) is 6.42 Å². The minimum absolute atomic E-state index is 0.0534. The Kier molecular flexibility index (Phi) is 3.48. The molecule has 0 unspecified atom stereocenters. The molecule has 5 nitrogen and oxygen atoms in total. The second-order valence-corrected chi connectivity index (χ2v) is 5.26. The van der Waals surface area contributed by atoms with Gasteiger partial charge in [0.2, 0.25) is 0 Å². The second kappa shape index (κ2) is 5.44. The van der Waals surface area contributed by atoms with Crippen LogP contribution in [0.15, 0.2) is 42.6 Å². The Morgan fingerprint density at radius 2 is 2.05 bits per heavy atom. The lowest BCUT2D eigenvalue weighted by molar-refractivity contribution is -0.136. The van der Waals surface area contributed by atoms with Crippen LogP contribution >= 0.6 is 0 Å². The number of amides is 1. The average molecular weight is 284 g/mol. The number of nitrogens with zero attached hydrogens (tertiary/aromatic N) is 1. The zero-order chi connectivity index (χ0) is 14.8. The van der Waals surface area contributed by atoms with E-state index in [2.05, 4.69) is 5.32 Å². The Bertz CT molecular complexity index is 686. The van der Waals surface area contributed by atoms with Gasteiger partial charge in [0, 0.05) is 17.9 Å². The van der Waals surface area contributed by atoms with Gasteiger partial charge in [0.15, 0.2) is 0 Å². The number of benzene rings is 1. The molecule has 0 bridgehead atoms. The summed E-state index contributed by atoms with van der Waals surface area (Å²) in [4.78, 5) is 23.0. The fourth-order valence-electron chi connectivity index (χ4n) is 2.39. The van der Waals surface area contributed by atoms with E-state index in [1.807, 2.05) is 16.8 Å². The van der Waals surface area contributed by atoms with Crippen molar-refractivity contribution in [2.75, 3.05) is 5.32 Å². The molecule has 1 amide bonds. The molecule has 1 heterocycles. The molecule has 1 saturated carbocycles. The molecule has 1 aromatic carbocycles. The maximum atomic E-state index is 12.3. The third kappa shape index (κ3) is 3.13. The first-order valence-electron chi connectivity index (χ1n) is 6.92. The minimum atomic E-state index is -0.888. The zero-order valence-corrected chi connectivity index (χ0v) is 11.5. The van der Waals surface area contributed by atoms with Crippen molar-refractivity contribution < 1.29 is 14.7 Å². The molecule has 2 N–H and O–H groups in total. The molecule has 2 aromatic rings. The number of aliphatic carboxylic acids is 1. The molecule has 1 fully saturated rings. The lowest BCUT2D eigenvalue weighted by atomic mass is 10.1. The predicted octanol–water partition coefficient (Wildman–Crippen LogP) is 2.70. The fraction of sp³-hybridized carbons (Fsp3) is 0.250. The van der Waals surface area contributed by atoms with E-state index >= 15 is 0 Å². The third-order valence-electron chi connectivity index (χ3n) is 3.49. The molecule has 0 radical (unpaired) electrons. The quantitative estimate of drug-likeness (QED) is 0.886. The van der Waals surface area contributed by atoms with E-state index in [1.165, 1.54) is 0 Å². The molecule has 3 rings (SSSR count). The van der Waals surface area contributed by atoms with Crippen LogP contribution in [0.5, 0.6) is 0 Å². The number of carboxylic acids is 1. The lowest BCUT2D eigenvalue weighted by Gasteiger charge is -2.09. The smallest absolute Gasteiger partial charge is 0.307 e. The van der Waals surface area contributed by atoms with E-state index in [-0.39, 0.29) is 12.3 Å². The molecule has 0 saturated heterocycles. The Hall–Kier alpha value is -2.56. The van der Waals surface area contributed by atoms with Crippen molar-refractivity contribution in [1.29, 1.82) is 0 Å². The molecule has 1 aliphatic carbocycles. The van der Waals surface area contributed by atoms with Crippen LogP contribution in [0.25, 0.3) is 0 Å². The van der Waals surface area contributed by atoms with E-state index in [0.29, 0.717) is 23.0 Å². The van der Waals surface area contributed by atoms with Gasteiger partial charge in [0.25, 0.3) is 5.91 Å². The van der Waals surface area contributed by atoms with Gasteiger partial charge in [-0.2, -0.15) is 0 Å². The topological polar surface area (TPSA) is 71.3 Å². The van der Waals surface area contributed by atoms with E-state index in [1.54, 1.807) is 30.3 Å². The summed E-state index contributed by atoms with van der Waals surface area (Å²) >= 11 is 0. The van der Waals surface area contributed by atoms with Gasteiger partial charge >= 0.3 is 5.97 Å². The highest BCUT2D eigenvalue weighted by atomic mass is 16.4. The fourth-order valence-corrected chi connectivity index (χ4v) is 2.39. The van der Waals surface area contributed by atoms with Crippen LogP contribution in [0.4, 0.5) is 5.69 Å². The van der Waals surface area contributed by atoms with Crippen LogP contribution < -0.4 is 5.32 Å². The van der Waals surface area contributed by atoms with E-state index in [9.17, 15) is 9.59 Å². The summed E-state index contributed by atoms with van der Waals surface area (Å²) in [6.45, 7) is 0. The molecule has 108 valence electrons. The monoisotopic (exact) mass is 284 g/mol. The summed E-state index contributed by atoms with van der Waals surface area (Å²) in [6, 6.07) is 11.0. The molecular weight excluding hydrogens is 268 g/mol. The highest BCUT2D eigenvalue weighted by Crippen LogP contribution is 2.36. The number of hydrogen-bond acceptors (Lipinski definition) is 2. The maximum absolute atomic E-state index is 12.3. The van der Waals surface area contributed by atoms with Crippen LogP contribution in [0, 0.1) is 0 Å². The van der Waals surface area contributed by atoms with Gasteiger partial charge in [-0.1, -0.05) is 12.1 Å². The highest BCUT2D eigenvalue weighted by molar-refractivity contribution is 6.03. The first kappa shape index (κ1) is 13.4. The van der Waals surface area contributed by atoms with Crippen LogP contribution in [-0.2, 0) is 11.2 Å². The number of carbonyl (C=O) groups is 2. The first-order valence-corrected chi connectivity index (χ1v) is 6.92. The van der Waals surface area contributed by atoms with E-state index in [4.69, 9.17) is 5.11 Å². The molecule has 0 atom stereocenters. The van der Waals surface area contributed by atoms with Crippen molar-refractivity contribution in [2.45, 2.75) is 25.3 Å². The van der Waals surface area contributed by atoms with Gasteiger partial charge in [-0.05, 0) is 42.7 Å². The van der Waals surface area contributed by atoms with Gasteiger partial charge in [-0.25, -0.2) is 0 Å². The maximum Gasteiger partial charge on any atom is 0.307 e. The van der Waals surface area contributed by atoms with Crippen molar-refractivity contribution in [3.05, 3.63) is 53.9 Å². The number of aromatic nitrogens is 1. The number of carbonyl (C=O) groups excluding carboxylic acids is 1. The summed E-state index contributed by atoms with van der Waals surface area (Å²) < 4.78 is 2.00. The molecule has 0 spiro atoms. The van der Waals surface area contributed by atoms with Gasteiger partial charge < -0.3 is 15.0 Å². The number of rotatable bonds is 5. The van der Waals surface area contributed by atoms with E-state index < -0.39 is 5.97 Å². The summed E-state index contributed by atoms with van der Waals surface area (Å²) in [5.41, 5.74) is 1.92. The van der Waals surface area contributed by atoms with Gasteiger partial charge in [-0.15, -0.1) is 0 Å². The average Bonchev–Trinajstić information content (AvgIpc) is 3.15. The molecule has 21 heavy (non-hydrogen) atoms. The zero-order valence-electron chi connectivity index (χ0n) is 11.5. The summed E-state index contributed by atoms with van der Waals surface area (Å²) in [5, 5.41) is 11.6. The number of carboxylic acid groups (broad SMARTS) is 1. The largest absolute Gasteiger partial charge is 0.481 e. The Labute approximate surface area is 122 Å². The van der Waals surface area contributed by atoms with Crippen molar-refractivity contribution in [3.63, 3.8) is 0 Å². The summed E-state index contributed by atoms with van der Waals surface area (Å²) in [6.07, 6.45) is 4.10. The van der Waals surface area contributed by atoms with Crippen LogP contribution in [0.2, 0.25) is 0 Å². The molecule has 1 aliphatic rings. The highest BCUT2D eigenvalue weighted by Gasteiger charge is 2.26. The van der Waals surface area contributed by atoms with Crippen molar-refractivity contribution in [3.8, 4) is 0 Å². The Morgan fingerprint density at radius 3 is 2.76 bits per heavy atom. The SMILES string of the molecule is O=C(O)Cc1cccc(NC(=O)c2cccn2C2CC2)c1. The normalized spacial score (nSPS) is 13.9. The minimum Gasteiger partial charge on any atom is -0.481 e. The molecule has 1 aromatic heterocycles. The molecule has 5 heteroatoms. The second-order valence-electron chi connectivity index (χ2n) is 5.26. The summed E-state index contributed by atoms with van der Waals surface area (Å²) in [7, 11) is 0. The van der Waals surface area contributed by atoms with E-state index in [0.717, 1.165) is 12.8 Å². The van der Waals surface area contributed by atoms with Gasteiger partial charge in [-0.3, -0.25) is 9.59 Å². The van der Waals surface area contributed by atoms with Crippen molar-refractivity contribution >= 4 is 17.6 Å². The Balaban J connectivity index is 1.75. The Morgan fingerprint density at radius 1 is 1.24 bits per heavy atom. The standard InChI is InChI=1S/C16H16N2O3/c19-15(20)10-11-3-1-4-12(9-11)17-16(21)14-5-2-8-18(14)13-6-7-13/h1-5,8-9,13H,6-7,10H2,(H,17,21)(H,19,20).